The number of nitrogens with two attached hydrogens (primary N) is 1. The highest BCUT2D eigenvalue weighted by atomic mass is 15.3. The summed E-state index contributed by atoms with van der Waals surface area (Å²) in [6.07, 6.45) is 6.91. The quantitative estimate of drug-likeness (QED) is 0.602. The Hall–Kier alpha value is -1.65. The van der Waals surface area contributed by atoms with Crippen LogP contribution in [0, 0.1) is 6.92 Å². The van der Waals surface area contributed by atoms with Gasteiger partial charge in [0.15, 0.2) is 0 Å². The predicted octanol–water partition coefficient (Wildman–Crippen LogP) is 2.74. The van der Waals surface area contributed by atoms with E-state index in [2.05, 4.69) is 53.1 Å². The van der Waals surface area contributed by atoms with E-state index in [0.717, 1.165) is 31.6 Å². The molecule has 3 N–H and O–H groups in total. The average Bonchev–Trinajstić information content (AvgIpc) is 2.90. The fraction of sp³-hybridized carbons (Fsp3) is 0.438. The van der Waals surface area contributed by atoms with Gasteiger partial charge in [0.25, 0.3) is 0 Å². The third-order valence-electron chi connectivity index (χ3n) is 3.57. The Labute approximate surface area is 121 Å². The van der Waals surface area contributed by atoms with E-state index in [1.54, 1.807) is 0 Å². The van der Waals surface area contributed by atoms with Gasteiger partial charge in [0, 0.05) is 18.9 Å². The molecule has 4 nitrogen and oxygen atoms in total. The lowest BCUT2D eigenvalue weighted by Crippen LogP contribution is -2.30. The average molecular weight is 272 g/mol. The number of imidazole rings is 1. The molecule has 0 radical (unpaired) electrons. The van der Waals surface area contributed by atoms with Crippen molar-refractivity contribution in [2.24, 2.45) is 5.84 Å². The standard InChI is InChI=1S/C16H24N4/c1-3-11-20-12-10-18-16(20)15(19-17)9-8-14-6-4-13(2)5-7-14/h4-7,10,12,15,19H,3,8-9,11,17H2,1-2H3. The lowest BCUT2D eigenvalue weighted by molar-refractivity contribution is 0.463. The van der Waals surface area contributed by atoms with Crippen molar-refractivity contribution in [3.8, 4) is 0 Å². The maximum absolute atomic E-state index is 5.71. The molecular formula is C16H24N4. The minimum absolute atomic E-state index is 0.0952. The Bertz CT molecular complexity index is 516. The summed E-state index contributed by atoms with van der Waals surface area (Å²) in [6.45, 7) is 5.26. The zero-order valence-electron chi connectivity index (χ0n) is 12.3. The summed E-state index contributed by atoms with van der Waals surface area (Å²) < 4.78 is 2.18. The molecule has 108 valence electrons. The molecule has 2 aromatic rings. The highest BCUT2D eigenvalue weighted by Crippen LogP contribution is 2.18. The molecule has 0 bridgehead atoms. The van der Waals surface area contributed by atoms with Gasteiger partial charge in [-0.3, -0.25) is 5.84 Å². The Kier molecular flexibility index (Phi) is 5.32. The molecular weight excluding hydrogens is 248 g/mol. The van der Waals surface area contributed by atoms with Crippen LogP contribution < -0.4 is 11.3 Å². The second-order valence-electron chi connectivity index (χ2n) is 5.22. The van der Waals surface area contributed by atoms with Crippen molar-refractivity contribution < 1.29 is 0 Å². The van der Waals surface area contributed by atoms with Crippen LogP contribution in [-0.2, 0) is 13.0 Å². The molecule has 1 heterocycles. The molecule has 20 heavy (non-hydrogen) atoms. The van der Waals surface area contributed by atoms with Gasteiger partial charge in [-0.2, -0.15) is 0 Å². The Morgan fingerprint density at radius 3 is 2.70 bits per heavy atom. The van der Waals surface area contributed by atoms with Gasteiger partial charge in [0.05, 0.1) is 6.04 Å². The molecule has 0 spiro atoms. The summed E-state index contributed by atoms with van der Waals surface area (Å²) in [4.78, 5) is 4.45. The zero-order chi connectivity index (χ0) is 14.4. The number of hydrogen-bond donors (Lipinski definition) is 2. The summed E-state index contributed by atoms with van der Waals surface area (Å²) in [6, 6.07) is 8.76. The van der Waals surface area contributed by atoms with E-state index in [4.69, 9.17) is 5.84 Å². The number of benzene rings is 1. The van der Waals surface area contributed by atoms with Gasteiger partial charge in [-0.05, 0) is 31.7 Å². The number of hydrogen-bond acceptors (Lipinski definition) is 3. The third kappa shape index (κ3) is 3.68. The molecule has 0 amide bonds. The molecule has 0 aliphatic heterocycles. The first-order valence-corrected chi connectivity index (χ1v) is 7.27. The molecule has 0 saturated carbocycles. The second-order valence-corrected chi connectivity index (χ2v) is 5.22. The molecule has 0 saturated heterocycles. The van der Waals surface area contributed by atoms with Crippen LogP contribution in [0.3, 0.4) is 0 Å². The monoisotopic (exact) mass is 272 g/mol. The van der Waals surface area contributed by atoms with E-state index in [9.17, 15) is 0 Å². The lowest BCUT2D eigenvalue weighted by atomic mass is 10.0. The van der Waals surface area contributed by atoms with Crippen LogP contribution in [0.25, 0.3) is 0 Å². The van der Waals surface area contributed by atoms with E-state index < -0.39 is 0 Å². The summed E-state index contributed by atoms with van der Waals surface area (Å²) in [5.41, 5.74) is 5.53. The molecule has 2 rings (SSSR count). The van der Waals surface area contributed by atoms with Crippen molar-refractivity contribution in [3.05, 3.63) is 53.6 Å². The third-order valence-corrected chi connectivity index (χ3v) is 3.57. The molecule has 1 aromatic carbocycles. The normalized spacial score (nSPS) is 12.6. The van der Waals surface area contributed by atoms with Crippen LogP contribution in [0.1, 0.15) is 42.8 Å². The first-order valence-electron chi connectivity index (χ1n) is 7.27. The van der Waals surface area contributed by atoms with Crippen molar-refractivity contribution in [3.63, 3.8) is 0 Å². The van der Waals surface area contributed by atoms with Gasteiger partial charge in [0.2, 0.25) is 0 Å². The van der Waals surface area contributed by atoms with Gasteiger partial charge < -0.3 is 4.57 Å². The summed E-state index contributed by atoms with van der Waals surface area (Å²) in [7, 11) is 0. The number of aromatic nitrogens is 2. The van der Waals surface area contributed by atoms with E-state index >= 15 is 0 Å². The molecule has 1 unspecified atom stereocenters. The highest BCUT2D eigenvalue weighted by molar-refractivity contribution is 5.21. The number of nitrogens with zero attached hydrogens (tertiary/aromatic N) is 2. The van der Waals surface area contributed by atoms with Gasteiger partial charge in [-0.15, -0.1) is 0 Å². The highest BCUT2D eigenvalue weighted by Gasteiger charge is 2.15. The number of hydrazine groups is 1. The van der Waals surface area contributed by atoms with Crippen LogP contribution in [0.2, 0.25) is 0 Å². The minimum Gasteiger partial charge on any atom is -0.334 e. The molecule has 1 atom stereocenters. The van der Waals surface area contributed by atoms with Gasteiger partial charge in [-0.1, -0.05) is 36.8 Å². The van der Waals surface area contributed by atoms with Crippen molar-refractivity contribution in [2.45, 2.75) is 45.7 Å². The fourth-order valence-corrected chi connectivity index (χ4v) is 2.41. The first kappa shape index (κ1) is 14.8. The second kappa shape index (κ2) is 7.22. The summed E-state index contributed by atoms with van der Waals surface area (Å²) >= 11 is 0. The largest absolute Gasteiger partial charge is 0.334 e. The van der Waals surface area contributed by atoms with Crippen LogP contribution in [0.5, 0.6) is 0 Å². The molecule has 1 aromatic heterocycles. The van der Waals surface area contributed by atoms with E-state index in [1.807, 2.05) is 12.4 Å². The number of rotatable bonds is 7. The van der Waals surface area contributed by atoms with Gasteiger partial charge in [-0.25, -0.2) is 10.4 Å². The van der Waals surface area contributed by atoms with Crippen LogP contribution in [0.15, 0.2) is 36.7 Å². The van der Waals surface area contributed by atoms with Crippen molar-refractivity contribution >= 4 is 0 Å². The van der Waals surface area contributed by atoms with Crippen molar-refractivity contribution in [1.29, 1.82) is 0 Å². The van der Waals surface area contributed by atoms with E-state index in [0.29, 0.717) is 0 Å². The van der Waals surface area contributed by atoms with E-state index in [-0.39, 0.29) is 6.04 Å². The maximum Gasteiger partial charge on any atom is 0.127 e. The Balaban J connectivity index is 2.01. The van der Waals surface area contributed by atoms with Crippen molar-refractivity contribution in [1.82, 2.24) is 15.0 Å². The summed E-state index contributed by atoms with van der Waals surface area (Å²) in [5.74, 6) is 6.74. The van der Waals surface area contributed by atoms with Gasteiger partial charge in [0.1, 0.15) is 5.82 Å². The zero-order valence-corrected chi connectivity index (χ0v) is 12.3. The SMILES string of the molecule is CCCn1ccnc1C(CCc1ccc(C)cc1)NN. The van der Waals surface area contributed by atoms with Crippen LogP contribution >= 0.6 is 0 Å². The first-order chi connectivity index (χ1) is 9.74. The van der Waals surface area contributed by atoms with Crippen molar-refractivity contribution in [2.75, 3.05) is 0 Å². The minimum atomic E-state index is 0.0952. The van der Waals surface area contributed by atoms with Crippen LogP contribution in [-0.4, -0.2) is 9.55 Å². The topological polar surface area (TPSA) is 55.9 Å². The van der Waals surface area contributed by atoms with Gasteiger partial charge >= 0.3 is 0 Å². The molecule has 4 heteroatoms. The number of nitrogens with one attached hydrogen (secondary N) is 1. The number of aryl methyl sites for hydroxylation is 3. The Morgan fingerprint density at radius 2 is 2.05 bits per heavy atom. The fourth-order valence-electron chi connectivity index (χ4n) is 2.41. The van der Waals surface area contributed by atoms with Crippen LogP contribution in [0.4, 0.5) is 0 Å². The lowest BCUT2D eigenvalue weighted by Gasteiger charge is -2.17. The summed E-state index contributed by atoms with van der Waals surface area (Å²) in [5, 5.41) is 0. The maximum atomic E-state index is 5.71. The molecule has 0 aliphatic rings. The smallest absolute Gasteiger partial charge is 0.127 e. The molecule has 0 aliphatic carbocycles. The molecule has 0 fully saturated rings. The Morgan fingerprint density at radius 1 is 1.30 bits per heavy atom. The van der Waals surface area contributed by atoms with E-state index in [1.165, 1.54) is 11.1 Å². The predicted molar refractivity (Wildman–Crippen MR) is 82.1 cm³/mol.